The zero-order valence-electron chi connectivity index (χ0n) is 17.6. The predicted molar refractivity (Wildman–Crippen MR) is 116 cm³/mol. The van der Waals surface area contributed by atoms with Gasteiger partial charge in [0.05, 0.1) is 7.11 Å². The maximum atomic E-state index is 13.0. The molecule has 0 spiro atoms. The second kappa shape index (κ2) is 9.04. The zero-order chi connectivity index (χ0) is 20.2. The third-order valence-corrected chi connectivity index (χ3v) is 6.61. The van der Waals surface area contributed by atoms with Crippen LogP contribution >= 0.6 is 0 Å². The summed E-state index contributed by atoms with van der Waals surface area (Å²) in [5, 5.41) is 1.96. The molecular formula is C24H32N2O3. The Bertz CT molecular complexity index is 847. The molecule has 2 atom stereocenters. The number of hydrogen-bond donors (Lipinski definition) is 0. The van der Waals surface area contributed by atoms with E-state index in [1.807, 2.05) is 48.3 Å². The van der Waals surface area contributed by atoms with Crippen LogP contribution in [0.4, 0.5) is 0 Å². The molecule has 156 valence electrons. The molecule has 5 heteroatoms. The van der Waals surface area contributed by atoms with Crippen molar-refractivity contribution in [1.29, 1.82) is 0 Å². The molecule has 5 nitrogen and oxygen atoms in total. The molecule has 2 fully saturated rings. The first-order valence-electron chi connectivity index (χ1n) is 10.9. The van der Waals surface area contributed by atoms with Gasteiger partial charge in [-0.25, -0.2) is 0 Å². The van der Waals surface area contributed by atoms with Crippen molar-refractivity contribution in [2.24, 2.45) is 0 Å². The molecule has 1 saturated heterocycles. The van der Waals surface area contributed by atoms with E-state index in [1.165, 1.54) is 45.2 Å². The summed E-state index contributed by atoms with van der Waals surface area (Å²) in [5.74, 6) is 1.59. The van der Waals surface area contributed by atoms with E-state index in [2.05, 4.69) is 4.90 Å². The SMILES string of the molecule is COc1ccc(OCC(=O)N(C)C2CCCCC2N2CCCC2)c2ccccc12. The number of carbonyl (C=O) groups is 1. The second-order valence-electron chi connectivity index (χ2n) is 8.27. The summed E-state index contributed by atoms with van der Waals surface area (Å²) in [6.45, 7) is 2.42. The molecule has 2 aromatic carbocycles. The number of ether oxygens (including phenoxy) is 2. The molecule has 0 aromatic heterocycles. The standard InChI is InChI=1S/C24H32N2O3/c1-25(20-11-5-6-12-21(20)26-15-7-8-16-26)24(27)17-29-23-14-13-22(28-2)18-9-3-4-10-19(18)23/h3-4,9-10,13-14,20-21H,5-8,11-12,15-17H2,1-2H3. The van der Waals surface area contributed by atoms with E-state index >= 15 is 0 Å². The molecule has 1 heterocycles. The first kappa shape index (κ1) is 20.0. The quantitative estimate of drug-likeness (QED) is 0.737. The molecule has 4 rings (SSSR count). The minimum atomic E-state index is 0.0565. The average Bonchev–Trinajstić information content (AvgIpc) is 3.31. The molecule has 2 aromatic rings. The summed E-state index contributed by atoms with van der Waals surface area (Å²) in [4.78, 5) is 17.5. The van der Waals surface area contributed by atoms with Crippen molar-refractivity contribution in [3.63, 3.8) is 0 Å². The van der Waals surface area contributed by atoms with Gasteiger partial charge in [-0.15, -0.1) is 0 Å². The fourth-order valence-corrected chi connectivity index (χ4v) is 5.02. The summed E-state index contributed by atoms with van der Waals surface area (Å²) in [7, 11) is 3.62. The largest absolute Gasteiger partial charge is 0.496 e. The lowest BCUT2D eigenvalue weighted by Gasteiger charge is -2.42. The number of carbonyl (C=O) groups excluding carboxylic acids is 1. The Morgan fingerprint density at radius 3 is 2.38 bits per heavy atom. The van der Waals surface area contributed by atoms with Crippen molar-refractivity contribution in [3.05, 3.63) is 36.4 Å². The molecule has 2 aliphatic rings. The topological polar surface area (TPSA) is 42.0 Å². The maximum Gasteiger partial charge on any atom is 0.260 e. The van der Waals surface area contributed by atoms with Crippen LogP contribution in [0.2, 0.25) is 0 Å². The lowest BCUT2D eigenvalue weighted by molar-refractivity contribution is -0.136. The molecule has 1 saturated carbocycles. The summed E-state index contributed by atoms with van der Waals surface area (Å²) in [6.07, 6.45) is 7.34. The first-order chi connectivity index (χ1) is 14.2. The van der Waals surface area contributed by atoms with Gasteiger partial charge in [-0.3, -0.25) is 9.69 Å². The van der Waals surface area contributed by atoms with Gasteiger partial charge < -0.3 is 14.4 Å². The lowest BCUT2D eigenvalue weighted by Crippen LogP contribution is -2.53. The van der Waals surface area contributed by atoms with Crippen LogP contribution in [0.1, 0.15) is 38.5 Å². The second-order valence-corrected chi connectivity index (χ2v) is 8.27. The van der Waals surface area contributed by atoms with Gasteiger partial charge in [0.2, 0.25) is 0 Å². The zero-order valence-corrected chi connectivity index (χ0v) is 17.6. The van der Waals surface area contributed by atoms with Crippen molar-refractivity contribution in [2.75, 3.05) is 33.9 Å². The van der Waals surface area contributed by atoms with E-state index in [4.69, 9.17) is 9.47 Å². The Labute approximate surface area is 173 Å². The number of hydrogen-bond acceptors (Lipinski definition) is 4. The van der Waals surface area contributed by atoms with Crippen LogP contribution in [-0.4, -0.2) is 61.6 Å². The number of likely N-dealkylation sites (tertiary alicyclic amines) is 1. The fraction of sp³-hybridized carbons (Fsp3) is 0.542. The molecule has 1 aliphatic heterocycles. The van der Waals surface area contributed by atoms with Crippen LogP contribution < -0.4 is 9.47 Å². The highest BCUT2D eigenvalue weighted by atomic mass is 16.5. The van der Waals surface area contributed by atoms with Crippen LogP contribution in [0.3, 0.4) is 0 Å². The van der Waals surface area contributed by atoms with Gasteiger partial charge in [0.15, 0.2) is 6.61 Å². The summed E-state index contributed by atoms with van der Waals surface area (Å²) >= 11 is 0. The number of benzene rings is 2. The highest BCUT2D eigenvalue weighted by Crippen LogP contribution is 2.33. The molecular weight excluding hydrogens is 364 g/mol. The molecule has 0 radical (unpaired) electrons. The molecule has 1 aliphatic carbocycles. The predicted octanol–water partition coefficient (Wildman–Crippen LogP) is 4.09. The fourth-order valence-electron chi connectivity index (χ4n) is 5.02. The third kappa shape index (κ3) is 4.20. The number of rotatable bonds is 6. The van der Waals surface area contributed by atoms with Crippen molar-refractivity contribution < 1.29 is 14.3 Å². The van der Waals surface area contributed by atoms with Crippen molar-refractivity contribution >= 4 is 16.7 Å². The van der Waals surface area contributed by atoms with Gasteiger partial charge in [-0.2, -0.15) is 0 Å². The first-order valence-corrected chi connectivity index (χ1v) is 10.9. The van der Waals surface area contributed by atoms with Gasteiger partial charge in [0.1, 0.15) is 11.5 Å². The number of methoxy groups -OCH3 is 1. The number of nitrogens with zero attached hydrogens (tertiary/aromatic N) is 2. The van der Waals surface area contributed by atoms with Crippen LogP contribution in [0.5, 0.6) is 11.5 Å². The van der Waals surface area contributed by atoms with Crippen molar-refractivity contribution in [1.82, 2.24) is 9.80 Å². The maximum absolute atomic E-state index is 13.0. The Morgan fingerprint density at radius 1 is 1.00 bits per heavy atom. The van der Waals surface area contributed by atoms with E-state index in [-0.39, 0.29) is 12.5 Å². The summed E-state index contributed by atoms with van der Waals surface area (Å²) in [6, 6.07) is 12.6. The minimum absolute atomic E-state index is 0.0565. The van der Waals surface area contributed by atoms with Crippen molar-refractivity contribution in [2.45, 2.75) is 50.6 Å². The number of likely N-dealkylation sites (N-methyl/N-ethyl adjacent to an activating group) is 1. The molecule has 0 bridgehead atoms. The van der Waals surface area contributed by atoms with Crippen LogP contribution in [0.15, 0.2) is 36.4 Å². The van der Waals surface area contributed by atoms with E-state index in [9.17, 15) is 4.79 Å². The number of amides is 1. The Balaban J connectivity index is 1.44. The molecule has 29 heavy (non-hydrogen) atoms. The highest BCUT2D eigenvalue weighted by Gasteiger charge is 2.35. The van der Waals surface area contributed by atoms with Crippen LogP contribution in [0, 0.1) is 0 Å². The van der Waals surface area contributed by atoms with Gasteiger partial charge in [0, 0.05) is 29.9 Å². The van der Waals surface area contributed by atoms with Crippen molar-refractivity contribution in [3.8, 4) is 11.5 Å². The van der Waals surface area contributed by atoms with E-state index in [0.29, 0.717) is 12.1 Å². The lowest BCUT2D eigenvalue weighted by atomic mass is 9.88. The van der Waals surface area contributed by atoms with Gasteiger partial charge in [-0.1, -0.05) is 37.1 Å². The Morgan fingerprint density at radius 2 is 1.66 bits per heavy atom. The van der Waals surface area contributed by atoms with Gasteiger partial charge >= 0.3 is 0 Å². The van der Waals surface area contributed by atoms with Crippen LogP contribution in [0.25, 0.3) is 10.8 Å². The van der Waals surface area contributed by atoms with Gasteiger partial charge in [-0.05, 0) is 50.9 Å². The van der Waals surface area contributed by atoms with Crippen LogP contribution in [-0.2, 0) is 4.79 Å². The normalized spacial score (nSPS) is 22.6. The van der Waals surface area contributed by atoms with E-state index in [0.717, 1.165) is 28.7 Å². The molecule has 1 amide bonds. The molecule has 2 unspecified atom stereocenters. The highest BCUT2D eigenvalue weighted by molar-refractivity contribution is 5.93. The van der Waals surface area contributed by atoms with E-state index in [1.54, 1.807) is 7.11 Å². The Hall–Kier alpha value is -2.27. The Kier molecular flexibility index (Phi) is 6.24. The summed E-state index contributed by atoms with van der Waals surface area (Å²) < 4.78 is 11.4. The molecule has 0 N–H and O–H groups in total. The third-order valence-electron chi connectivity index (χ3n) is 6.61. The minimum Gasteiger partial charge on any atom is -0.496 e. The van der Waals surface area contributed by atoms with Gasteiger partial charge in [0.25, 0.3) is 5.91 Å². The van der Waals surface area contributed by atoms with E-state index < -0.39 is 0 Å². The smallest absolute Gasteiger partial charge is 0.260 e. The average molecular weight is 397 g/mol. The number of fused-ring (bicyclic) bond motifs is 1. The monoisotopic (exact) mass is 396 g/mol. The summed E-state index contributed by atoms with van der Waals surface area (Å²) in [5.41, 5.74) is 0.